The van der Waals surface area contributed by atoms with Crippen LogP contribution in [0.2, 0.25) is 0 Å². The molecular weight excluding hydrogens is 283 g/mol. The molecule has 0 aliphatic heterocycles. The van der Waals surface area contributed by atoms with Crippen molar-refractivity contribution in [1.29, 1.82) is 0 Å². The molecule has 0 saturated heterocycles. The van der Waals surface area contributed by atoms with Gasteiger partial charge in [-0.05, 0) is 37.5 Å². The Bertz CT molecular complexity index is 524. The first-order chi connectivity index (χ1) is 9.84. The van der Waals surface area contributed by atoms with Crippen LogP contribution in [0.15, 0.2) is 18.2 Å². The number of carbonyl (C=O) groups is 1. The first-order valence-electron chi connectivity index (χ1n) is 7.05. The predicted molar refractivity (Wildman–Crippen MR) is 73.7 cm³/mol. The Morgan fingerprint density at radius 2 is 2.05 bits per heavy atom. The number of carboxylic acid groups (broad SMARTS) is 1. The zero-order valence-electron chi connectivity index (χ0n) is 11.8. The lowest BCUT2D eigenvalue weighted by Gasteiger charge is -2.28. The fourth-order valence-electron chi connectivity index (χ4n) is 2.36. The topological polar surface area (TPSA) is 40.5 Å². The molecule has 0 unspecified atom stereocenters. The van der Waals surface area contributed by atoms with Gasteiger partial charge in [0.15, 0.2) is 0 Å². The maximum Gasteiger partial charge on any atom is 0.418 e. The monoisotopic (exact) mass is 301 g/mol. The number of unbranched alkanes of at least 4 members (excludes halogenated alkanes) is 1. The Labute approximate surface area is 121 Å². The largest absolute Gasteiger partial charge is 0.478 e. The van der Waals surface area contributed by atoms with Gasteiger partial charge < -0.3 is 10.0 Å². The molecule has 1 aliphatic rings. The SMILES string of the molecule is CCCCN(c1ccc(C(=O)O)cc1C(F)(F)F)C1CC1. The summed E-state index contributed by atoms with van der Waals surface area (Å²) in [6.07, 6.45) is -1.06. The Hall–Kier alpha value is -1.72. The summed E-state index contributed by atoms with van der Waals surface area (Å²) in [7, 11) is 0. The fraction of sp³-hybridized carbons (Fsp3) is 0.533. The van der Waals surface area contributed by atoms with Crippen molar-refractivity contribution in [2.24, 2.45) is 0 Å². The summed E-state index contributed by atoms with van der Waals surface area (Å²) in [5.41, 5.74) is -1.09. The third-order valence-electron chi connectivity index (χ3n) is 3.60. The molecule has 1 fully saturated rings. The number of hydrogen-bond acceptors (Lipinski definition) is 2. The number of alkyl halides is 3. The molecular formula is C15H18F3NO2. The quantitative estimate of drug-likeness (QED) is 0.857. The van der Waals surface area contributed by atoms with Gasteiger partial charge in [-0.1, -0.05) is 13.3 Å². The summed E-state index contributed by atoms with van der Waals surface area (Å²) >= 11 is 0. The van der Waals surface area contributed by atoms with E-state index in [0.29, 0.717) is 6.54 Å². The molecule has 0 bridgehead atoms. The van der Waals surface area contributed by atoms with E-state index in [1.165, 1.54) is 12.1 Å². The Balaban J connectivity index is 2.42. The van der Waals surface area contributed by atoms with Crippen LogP contribution in [0.1, 0.15) is 48.5 Å². The van der Waals surface area contributed by atoms with Crippen LogP contribution < -0.4 is 4.90 Å². The average Bonchev–Trinajstić information content (AvgIpc) is 3.22. The minimum absolute atomic E-state index is 0.100. The van der Waals surface area contributed by atoms with Gasteiger partial charge in [-0.25, -0.2) is 4.79 Å². The maximum absolute atomic E-state index is 13.2. The van der Waals surface area contributed by atoms with Crippen molar-refractivity contribution >= 4 is 11.7 Å². The van der Waals surface area contributed by atoms with E-state index in [2.05, 4.69) is 0 Å². The van der Waals surface area contributed by atoms with E-state index in [9.17, 15) is 18.0 Å². The molecule has 0 aromatic heterocycles. The van der Waals surface area contributed by atoms with Crippen LogP contribution in [0.4, 0.5) is 18.9 Å². The minimum atomic E-state index is -4.56. The number of carboxylic acids is 1. The molecule has 1 aliphatic carbocycles. The second kappa shape index (κ2) is 5.95. The third kappa shape index (κ3) is 3.68. The molecule has 1 saturated carbocycles. The number of anilines is 1. The molecule has 6 heteroatoms. The lowest BCUT2D eigenvalue weighted by molar-refractivity contribution is -0.137. The van der Waals surface area contributed by atoms with Gasteiger partial charge in [0.1, 0.15) is 0 Å². The molecule has 0 radical (unpaired) electrons. The standard InChI is InChI=1S/C15H18F3NO2/c1-2-3-8-19(11-5-6-11)13-7-4-10(14(20)21)9-12(13)15(16,17)18/h4,7,9,11H,2-3,5-6,8H2,1H3,(H,20,21). The average molecular weight is 301 g/mol. The molecule has 1 aromatic carbocycles. The molecule has 0 atom stereocenters. The van der Waals surface area contributed by atoms with Crippen molar-refractivity contribution < 1.29 is 23.1 Å². The minimum Gasteiger partial charge on any atom is -0.478 e. The Kier molecular flexibility index (Phi) is 4.44. The van der Waals surface area contributed by atoms with Crippen LogP contribution in [0, 0.1) is 0 Å². The van der Waals surface area contributed by atoms with E-state index >= 15 is 0 Å². The summed E-state index contributed by atoms with van der Waals surface area (Å²) in [5, 5.41) is 8.89. The van der Waals surface area contributed by atoms with Crippen molar-refractivity contribution in [3.05, 3.63) is 29.3 Å². The van der Waals surface area contributed by atoms with Gasteiger partial charge in [-0.3, -0.25) is 0 Å². The molecule has 1 N–H and O–H groups in total. The van der Waals surface area contributed by atoms with E-state index in [4.69, 9.17) is 5.11 Å². The smallest absolute Gasteiger partial charge is 0.418 e. The molecule has 0 heterocycles. The van der Waals surface area contributed by atoms with Crippen molar-refractivity contribution in [3.8, 4) is 0 Å². The Morgan fingerprint density at radius 1 is 1.38 bits per heavy atom. The van der Waals surface area contributed by atoms with Crippen LogP contribution in [0.3, 0.4) is 0 Å². The second-order valence-electron chi connectivity index (χ2n) is 5.31. The summed E-state index contributed by atoms with van der Waals surface area (Å²) in [4.78, 5) is 12.7. The highest BCUT2D eigenvalue weighted by Gasteiger charge is 2.38. The van der Waals surface area contributed by atoms with Crippen molar-refractivity contribution in [1.82, 2.24) is 0 Å². The normalized spacial score (nSPS) is 15.0. The van der Waals surface area contributed by atoms with E-state index in [0.717, 1.165) is 31.7 Å². The fourth-order valence-corrected chi connectivity index (χ4v) is 2.36. The highest BCUT2D eigenvalue weighted by molar-refractivity contribution is 5.88. The molecule has 116 valence electrons. The molecule has 21 heavy (non-hydrogen) atoms. The first-order valence-corrected chi connectivity index (χ1v) is 7.05. The van der Waals surface area contributed by atoms with Gasteiger partial charge in [0.05, 0.1) is 11.1 Å². The zero-order valence-corrected chi connectivity index (χ0v) is 11.8. The number of halogens is 3. The van der Waals surface area contributed by atoms with Crippen LogP contribution in [-0.2, 0) is 6.18 Å². The van der Waals surface area contributed by atoms with Crippen LogP contribution in [-0.4, -0.2) is 23.7 Å². The number of aromatic carboxylic acids is 1. The first kappa shape index (κ1) is 15.7. The van der Waals surface area contributed by atoms with Gasteiger partial charge in [-0.2, -0.15) is 13.2 Å². The second-order valence-corrected chi connectivity index (χ2v) is 5.31. The van der Waals surface area contributed by atoms with Gasteiger partial charge >= 0.3 is 12.1 Å². The number of benzene rings is 1. The van der Waals surface area contributed by atoms with Gasteiger partial charge in [0, 0.05) is 18.3 Å². The van der Waals surface area contributed by atoms with Gasteiger partial charge in [0.2, 0.25) is 0 Å². The number of hydrogen-bond donors (Lipinski definition) is 1. The van der Waals surface area contributed by atoms with Crippen molar-refractivity contribution in [3.63, 3.8) is 0 Å². The lowest BCUT2D eigenvalue weighted by atomic mass is 10.1. The highest BCUT2D eigenvalue weighted by atomic mass is 19.4. The zero-order chi connectivity index (χ0) is 15.6. The predicted octanol–water partition coefficient (Wildman–Crippen LogP) is 4.17. The van der Waals surface area contributed by atoms with Crippen LogP contribution in [0.5, 0.6) is 0 Å². The van der Waals surface area contributed by atoms with E-state index in [1.807, 2.05) is 6.92 Å². The molecule has 0 amide bonds. The summed E-state index contributed by atoms with van der Waals surface area (Å²) in [5.74, 6) is -1.35. The van der Waals surface area contributed by atoms with E-state index in [-0.39, 0.29) is 17.3 Å². The van der Waals surface area contributed by atoms with Gasteiger partial charge in [0.25, 0.3) is 0 Å². The molecule has 2 rings (SSSR count). The maximum atomic E-state index is 13.2. The van der Waals surface area contributed by atoms with Crippen molar-refractivity contribution in [2.45, 2.75) is 44.8 Å². The summed E-state index contributed by atoms with van der Waals surface area (Å²) < 4.78 is 39.7. The van der Waals surface area contributed by atoms with Gasteiger partial charge in [-0.15, -0.1) is 0 Å². The van der Waals surface area contributed by atoms with Crippen LogP contribution >= 0.6 is 0 Å². The van der Waals surface area contributed by atoms with E-state index in [1.54, 1.807) is 4.90 Å². The summed E-state index contributed by atoms with van der Waals surface area (Å²) in [6, 6.07) is 3.42. The summed E-state index contributed by atoms with van der Waals surface area (Å²) in [6.45, 7) is 2.56. The number of rotatable bonds is 6. The molecule has 0 spiro atoms. The van der Waals surface area contributed by atoms with Crippen molar-refractivity contribution in [2.75, 3.05) is 11.4 Å². The molecule has 1 aromatic rings. The van der Waals surface area contributed by atoms with E-state index < -0.39 is 17.7 Å². The lowest BCUT2D eigenvalue weighted by Crippen LogP contribution is -2.29. The third-order valence-corrected chi connectivity index (χ3v) is 3.60. The Morgan fingerprint density at radius 3 is 2.52 bits per heavy atom. The molecule has 3 nitrogen and oxygen atoms in total. The van der Waals surface area contributed by atoms with Crippen LogP contribution in [0.25, 0.3) is 0 Å². The number of nitrogens with zero attached hydrogens (tertiary/aromatic N) is 1. The highest BCUT2D eigenvalue weighted by Crippen LogP contribution is 2.41.